The molecule has 0 fully saturated rings. The zero-order valence-corrected chi connectivity index (χ0v) is 11.8. The van der Waals surface area contributed by atoms with E-state index in [2.05, 4.69) is 6.07 Å². The average molecular weight is 269 g/mol. The number of hydrogen-bond donors (Lipinski definition) is 0. The van der Waals surface area contributed by atoms with Crippen LogP contribution in [0.1, 0.15) is 12.5 Å². The van der Waals surface area contributed by atoms with Crippen LogP contribution < -0.4 is 9.47 Å². The Morgan fingerprint density at radius 3 is 2.39 bits per heavy atom. The Morgan fingerprint density at radius 1 is 1.33 bits per heavy atom. The molecule has 4 nitrogen and oxygen atoms in total. The first-order chi connectivity index (χ1) is 8.46. The second kappa shape index (κ2) is 5.94. The normalized spacial score (nSPS) is 13.8. The zero-order chi connectivity index (χ0) is 13.8. The monoisotopic (exact) mass is 268 g/mol. The Kier molecular flexibility index (Phi) is 4.83. The Morgan fingerprint density at radius 2 is 1.94 bits per heavy atom. The van der Waals surface area contributed by atoms with Crippen LogP contribution in [0.15, 0.2) is 18.2 Å². The van der Waals surface area contributed by atoms with E-state index in [9.17, 15) is 5.26 Å². The fourth-order valence-electron chi connectivity index (χ4n) is 1.61. The third-order valence-electron chi connectivity index (χ3n) is 2.92. The Balaban J connectivity index is 3.02. The lowest BCUT2D eigenvalue weighted by molar-refractivity contribution is 0.325. The SMILES string of the molecule is COc1ccc(CC(C)(C#N)N(C)Cl)cc1OC. The van der Waals surface area contributed by atoms with Gasteiger partial charge in [-0.05, 0) is 36.4 Å². The molecule has 0 spiro atoms. The quantitative estimate of drug-likeness (QED) is 0.770. The Hall–Kier alpha value is -1.44. The van der Waals surface area contributed by atoms with E-state index in [1.807, 2.05) is 18.2 Å². The molecule has 0 bridgehead atoms. The van der Waals surface area contributed by atoms with Crippen molar-refractivity contribution >= 4 is 11.8 Å². The summed E-state index contributed by atoms with van der Waals surface area (Å²) in [6.07, 6.45) is 0.504. The van der Waals surface area contributed by atoms with Crippen LogP contribution in [-0.2, 0) is 6.42 Å². The van der Waals surface area contributed by atoms with Gasteiger partial charge < -0.3 is 9.47 Å². The molecule has 0 aliphatic rings. The van der Waals surface area contributed by atoms with Crippen LogP contribution in [0.4, 0.5) is 0 Å². The van der Waals surface area contributed by atoms with Gasteiger partial charge in [-0.3, -0.25) is 0 Å². The molecular weight excluding hydrogens is 252 g/mol. The maximum atomic E-state index is 9.21. The molecule has 0 aromatic heterocycles. The first-order valence-electron chi connectivity index (χ1n) is 5.48. The van der Waals surface area contributed by atoms with E-state index in [0.29, 0.717) is 17.9 Å². The van der Waals surface area contributed by atoms with Crippen molar-refractivity contribution in [1.29, 1.82) is 5.26 Å². The summed E-state index contributed by atoms with van der Waals surface area (Å²) in [6, 6.07) is 7.79. The molecule has 0 amide bonds. The van der Waals surface area contributed by atoms with Crippen molar-refractivity contribution in [2.45, 2.75) is 18.9 Å². The van der Waals surface area contributed by atoms with E-state index in [0.717, 1.165) is 5.56 Å². The molecule has 0 radical (unpaired) electrons. The lowest BCUT2D eigenvalue weighted by Gasteiger charge is -2.27. The highest BCUT2D eigenvalue weighted by atomic mass is 35.5. The van der Waals surface area contributed by atoms with Crippen molar-refractivity contribution < 1.29 is 9.47 Å². The number of benzene rings is 1. The largest absolute Gasteiger partial charge is 0.493 e. The van der Waals surface area contributed by atoms with Gasteiger partial charge in [0.25, 0.3) is 0 Å². The number of halogens is 1. The van der Waals surface area contributed by atoms with Crippen molar-refractivity contribution in [2.75, 3.05) is 21.3 Å². The van der Waals surface area contributed by atoms with Crippen molar-refractivity contribution in [3.8, 4) is 17.6 Å². The van der Waals surface area contributed by atoms with Crippen molar-refractivity contribution in [2.24, 2.45) is 0 Å². The standard InChI is InChI=1S/C13H17ClN2O2/c1-13(9-15,16(2)14)8-10-5-6-11(17-3)12(7-10)18-4/h5-7H,8H2,1-4H3. The highest BCUT2D eigenvalue weighted by molar-refractivity contribution is 6.13. The van der Waals surface area contributed by atoms with E-state index in [-0.39, 0.29) is 0 Å². The summed E-state index contributed by atoms with van der Waals surface area (Å²) in [7, 11) is 4.84. The third kappa shape index (κ3) is 3.06. The third-order valence-corrected chi connectivity index (χ3v) is 3.29. The first-order valence-corrected chi connectivity index (χ1v) is 5.82. The van der Waals surface area contributed by atoms with Gasteiger partial charge in [-0.25, -0.2) is 4.42 Å². The zero-order valence-electron chi connectivity index (χ0n) is 11.0. The molecule has 1 rings (SSSR count). The van der Waals surface area contributed by atoms with Gasteiger partial charge in [0.2, 0.25) is 0 Å². The maximum absolute atomic E-state index is 9.21. The topological polar surface area (TPSA) is 45.5 Å². The molecule has 0 saturated heterocycles. The minimum absolute atomic E-state index is 0.504. The molecule has 1 atom stereocenters. The molecule has 0 aliphatic carbocycles. The second-order valence-electron chi connectivity index (χ2n) is 4.23. The molecule has 0 aliphatic heterocycles. The fourth-order valence-corrected chi connectivity index (χ4v) is 1.70. The maximum Gasteiger partial charge on any atom is 0.160 e. The van der Waals surface area contributed by atoms with Gasteiger partial charge in [0.15, 0.2) is 11.5 Å². The van der Waals surface area contributed by atoms with Gasteiger partial charge in [0, 0.05) is 13.5 Å². The number of nitriles is 1. The molecule has 5 heteroatoms. The van der Waals surface area contributed by atoms with E-state index >= 15 is 0 Å². The van der Waals surface area contributed by atoms with E-state index < -0.39 is 5.54 Å². The lowest BCUT2D eigenvalue weighted by Crippen LogP contribution is -2.38. The summed E-state index contributed by atoms with van der Waals surface area (Å²) in [5, 5.41) is 9.21. The number of likely N-dealkylation sites (N-methyl/N-ethyl adjacent to an activating group) is 1. The van der Waals surface area contributed by atoms with Gasteiger partial charge in [-0.1, -0.05) is 6.07 Å². The van der Waals surface area contributed by atoms with Crippen LogP contribution in [0.5, 0.6) is 11.5 Å². The molecule has 0 heterocycles. The highest BCUT2D eigenvalue weighted by Crippen LogP contribution is 2.30. The van der Waals surface area contributed by atoms with Crippen LogP contribution in [-0.4, -0.2) is 31.2 Å². The average Bonchev–Trinajstić information content (AvgIpc) is 2.38. The Bertz CT molecular complexity index is 457. The van der Waals surface area contributed by atoms with E-state index in [4.69, 9.17) is 21.3 Å². The van der Waals surface area contributed by atoms with Crippen LogP contribution >= 0.6 is 11.8 Å². The summed E-state index contributed by atoms with van der Waals surface area (Å²) in [5.41, 5.74) is 0.199. The van der Waals surface area contributed by atoms with Crippen LogP contribution in [0.25, 0.3) is 0 Å². The summed E-state index contributed by atoms with van der Waals surface area (Å²) >= 11 is 5.92. The summed E-state index contributed by atoms with van der Waals surface area (Å²) in [4.78, 5) is 0. The molecule has 0 N–H and O–H groups in total. The fraction of sp³-hybridized carbons (Fsp3) is 0.462. The summed E-state index contributed by atoms with van der Waals surface area (Å²) in [6.45, 7) is 1.79. The molecule has 18 heavy (non-hydrogen) atoms. The van der Waals surface area contributed by atoms with Crippen molar-refractivity contribution in [3.63, 3.8) is 0 Å². The van der Waals surface area contributed by atoms with Gasteiger partial charge in [-0.2, -0.15) is 5.26 Å². The summed E-state index contributed by atoms with van der Waals surface area (Å²) < 4.78 is 11.8. The minimum Gasteiger partial charge on any atom is -0.493 e. The predicted octanol–water partition coefficient (Wildman–Crippen LogP) is 2.61. The van der Waals surface area contributed by atoms with Gasteiger partial charge in [0.1, 0.15) is 5.54 Å². The highest BCUT2D eigenvalue weighted by Gasteiger charge is 2.29. The molecule has 98 valence electrons. The first kappa shape index (κ1) is 14.6. The number of rotatable bonds is 5. The van der Waals surface area contributed by atoms with Crippen molar-refractivity contribution in [1.82, 2.24) is 4.42 Å². The Labute approximate surface area is 113 Å². The smallest absolute Gasteiger partial charge is 0.160 e. The van der Waals surface area contributed by atoms with Crippen LogP contribution in [0.2, 0.25) is 0 Å². The van der Waals surface area contributed by atoms with Crippen LogP contribution in [0.3, 0.4) is 0 Å². The minimum atomic E-state index is -0.763. The molecule has 1 aromatic rings. The summed E-state index contributed by atoms with van der Waals surface area (Å²) in [5.74, 6) is 1.31. The van der Waals surface area contributed by atoms with Gasteiger partial charge in [0.05, 0.1) is 20.3 Å². The molecule has 1 unspecified atom stereocenters. The lowest BCUT2D eigenvalue weighted by atomic mass is 9.94. The van der Waals surface area contributed by atoms with Gasteiger partial charge in [-0.15, -0.1) is 0 Å². The molecule has 0 saturated carbocycles. The second-order valence-corrected chi connectivity index (χ2v) is 4.74. The number of methoxy groups -OCH3 is 2. The van der Waals surface area contributed by atoms with E-state index in [1.165, 1.54) is 4.42 Å². The van der Waals surface area contributed by atoms with E-state index in [1.54, 1.807) is 28.2 Å². The number of ether oxygens (including phenoxy) is 2. The molecule has 1 aromatic carbocycles. The number of hydrogen-bond acceptors (Lipinski definition) is 4. The molecular formula is C13H17ClN2O2. The van der Waals surface area contributed by atoms with Crippen molar-refractivity contribution in [3.05, 3.63) is 23.8 Å². The predicted molar refractivity (Wildman–Crippen MR) is 70.9 cm³/mol. The number of nitrogens with zero attached hydrogens (tertiary/aromatic N) is 2. The van der Waals surface area contributed by atoms with Gasteiger partial charge >= 0.3 is 0 Å². The van der Waals surface area contributed by atoms with Crippen LogP contribution in [0, 0.1) is 11.3 Å².